The molecule has 0 radical (unpaired) electrons. The first-order chi connectivity index (χ1) is 25.0. The Balaban J connectivity index is 1.37. The maximum absolute atomic E-state index is 16.3. The van der Waals surface area contributed by atoms with Gasteiger partial charge in [0.05, 0.1) is 28.7 Å². The summed E-state index contributed by atoms with van der Waals surface area (Å²) in [5.74, 6) is 1.39. The molecular weight excluding hydrogens is 664 g/mol. The van der Waals surface area contributed by atoms with Crippen LogP contribution in [0.5, 0.6) is 11.5 Å². The van der Waals surface area contributed by atoms with Crippen LogP contribution in [-0.2, 0) is 9.98 Å². The highest BCUT2D eigenvalue weighted by Gasteiger charge is 2.54. The maximum Gasteiger partial charge on any atom is 0.171 e. The van der Waals surface area contributed by atoms with Crippen LogP contribution in [0.4, 0.5) is 0 Å². The second-order valence-electron chi connectivity index (χ2n) is 13.0. The van der Waals surface area contributed by atoms with Gasteiger partial charge in [-0.2, -0.15) is 10.5 Å². The normalized spacial score (nSPS) is 18.2. The van der Waals surface area contributed by atoms with Crippen molar-refractivity contribution < 1.29 is 9.30 Å². The molecule has 0 amide bonds. The molecule has 2 atom stereocenters. The zero-order chi connectivity index (χ0) is 34.3. The van der Waals surface area contributed by atoms with Crippen LogP contribution in [0.2, 0.25) is 0 Å². The van der Waals surface area contributed by atoms with E-state index in [1.54, 1.807) is 29.5 Å². The van der Waals surface area contributed by atoms with E-state index < -0.39 is 12.6 Å². The zero-order valence-electron chi connectivity index (χ0n) is 27.0. The Morgan fingerprint density at radius 1 is 0.529 bits per heavy atom. The second kappa shape index (κ2) is 10.9. The summed E-state index contributed by atoms with van der Waals surface area (Å²) in [6, 6.07) is 55.0. The summed E-state index contributed by atoms with van der Waals surface area (Å²) in [6.45, 7) is 0. The van der Waals surface area contributed by atoms with E-state index in [2.05, 4.69) is 66.7 Å². The standard InChI is InChI=1S/C45H25N2O2PS/c46-26-28-20-29(27-47)22-31(21-28)30-18-19-36-40(23-30)49-39-15-7-5-13-35(39)45(36)37-14-6-8-16-41(37)50(48,32-10-2-1-3-11-32)42-25-44-34(24-38(42)45)33-12-4-9-17-43(33)51-44/h1-25H. The molecule has 0 saturated heterocycles. The number of ether oxygens (including phenoxy) is 1. The summed E-state index contributed by atoms with van der Waals surface area (Å²) in [4.78, 5) is 0. The molecule has 1 aromatic heterocycles. The summed E-state index contributed by atoms with van der Waals surface area (Å²) in [5, 5.41) is 24.2. The molecule has 2 unspecified atom stereocenters. The lowest BCUT2D eigenvalue weighted by Crippen LogP contribution is -2.47. The Hall–Kier alpha value is -6.23. The van der Waals surface area contributed by atoms with Crippen LogP contribution in [0.15, 0.2) is 152 Å². The number of nitrogens with zero attached hydrogens (tertiary/aromatic N) is 2. The van der Waals surface area contributed by atoms with E-state index in [9.17, 15) is 10.5 Å². The molecule has 7 aromatic carbocycles. The molecule has 1 spiro atoms. The largest absolute Gasteiger partial charge is 0.457 e. The first-order valence-corrected chi connectivity index (χ1v) is 19.2. The van der Waals surface area contributed by atoms with Crippen LogP contribution in [0.1, 0.15) is 33.4 Å². The minimum absolute atomic E-state index is 0.420. The van der Waals surface area contributed by atoms with Gasteiger partial charge in [0.25, 0.3) is 0 Å². The van der Waals surface area contributed by atoms with Crippen molar-refractivity contribution >= 4 is 54.6 Å². The molecule has 0 aliphatic carbocycles. The molecule has 2 aliphatic heterocycles. The van der Waals surface area contributed by atoms with Crippen molar-refractivity contribution in [2.45, 2.75) is 5.41 Å². The fourth-order valence-electron chi connectivity index (χ4n) is 8.31. The van der Waals surface area contributed by atoms with E-state index in [-0.39, 0.29) is 0 Å². The van der Waals surface area contributed by atoms with E-state index in [0.717, 1.165) is 65.1 Å². The predicted molar refractivity (Wildman–Crippen MR) is 206 cm³/mol. The maximum atomic E-state index is 16.3. The molecule has 4 nitrogen and oxygen atoms in total. The van der Waals surface area contributed by atoms with Gasteiger partial charge < -0.3 is 9.30 Å². The number of hydrogen-bond acceptors (Lipinski definition) is 5. The van der Waals surface area contributed by atoms with Crippen LogP contribution in [0, 0.1) is 22.7 Å². The average molecular weight is 689 g/mol. The van der Waals surface area contributed by atoms with Crippen molar-refractivity contribution in [3.05, 3.63) is 185 Å². The van der Waals surface area contributed by atoms with E-state index in [0.29, 0.717) is 16.9 Å². The molecule has 10 rings (SSSR count). The van der Waals surface area contributed by atoms with E-state index in [1.807, 2.05) is 78.9 Å². The van der Waals surface area contributed by atoms with Crippen molar-refractivity contribution in [1.82, 2.24) is 0 Å². The number of hydrogen-bond donors (Lipinski definition) is 0. The quantitative estimate of drug-likeness (QED) is 0.170. The van der Waals surface area contributed by atoms with Gasteiger partial charge in [0.2, 0.25) is 0 Å². The number of para-hydroxylation sites is 1. The fraction of sp³-hybridized carbons (Fsp3) is 0.0222. The SMILES string of the molecule is N#Cc1cc(C#N)cc(-c2ccc3c(c2)Oc2ccccc2C32c3ccccc3P(=O)(c3ccccc3)c3cc4sc5ccccc5c4cc32)c1. The minimum Gasteiger partial charge on any atom is -0.457 e. The first kappa shape index (κ1) is 29.7. The highest BCUT2D eigenvalue weighted by Crippen LogP contribution is 2.62. The van der Waals surface area contributed by atoms with Crippen molar-refractivity contribution in [1.29, 1.82) is 10.5 Å². The second-order valence-corrected chi connectivity index (χ2v) is 16.8. The van der Waals surface area contributed by atoms with E-state index in [1.165, 1.54) is 10.1 Å². The van der Waals surface area contributed by atoms with Crippen molar-refractivity contribution in [2.24, 2.45) is 0 Å². The van der Waals surface area contributed by atoms with Gasteiger partial charge in [0.15, 0.2) is 7.14 Å². The van der Waals surface area contributed by atoms with Gasteiger partial charge in [-0.05, 0) is 70.8 Å². The van der Waals surface area contributed by atoms with Gasteiger partial charge in [-0.1, -0.05) is 103 Å². The van der Waals surface area contributed by atoms with Crippen molar-refractivity contribution in [3.8, 4) is 34.8 Å². The molecule has 0 bridgehead atoms. The number of fused-ring (bicyclic) bond motifs is 11. The summed E-state index contributed by atoms with van der Waals surface area (Å²) in [5.41, 5.74) is 5.42. The smallest absolute Gasteiger partial charge is 0.171 e. The van der Waals surface area contributed by atoms with Crippen LogP contribution in [-0.4, -0.2) is 0 Å². The summed E-state index contributed by atoms with van der Waals surface area (Å²) < 4.78 is 25.3. The highest BCUT2D eigenvalue weighted by atomic mass is 32.1. The lowest BCUT2D eigenvalue weighted by molar-refractivity contribution is 0.435. The van der Waals surface area contributed by atoms with Crippen LogP contribution >= 0.6 is 18.5 Å². The summed E-state index contributed by atoms with van der Waals surface area (Å²) in [6.07, 6.45) is 0. The van der Waals surface area contributed by atoms with Gasteiger partial charge in [-0.3, -0.25) is 0 Å². The Bertz CT molecular complexity index is 2880. The van der Waals surface area contributed by atoms with E-state index >= 15 is 4.57 Å². The molecule has 2 aliphatic rings. The van der Waals surface area contributed by atoms with Gasteiger partial charge in [-0.15, -0.1) is 11.3 Å². The average Bonchev–Trinajstić information content (AvgIpc) is 3.56. The Morgan fingerprint density at radius 2 is 1.22 bits per heavy atom. The molecule has 6 heteroatoms. The lowest BCUT2D eigenvalue weighted by atomic mass is 9.63. The third-order valence-electron chi connectivity index (χ3n) is 10.4. The topological polar surface area (TPSA) is 73.9 Å². The molecule has 51 heavy (non-hydrogen) atoms. The van der Waals surface area contributed by atoms with Crippen LogP contribution in [0.3, 0.4) is 0 Å². The number of nitriles is 2. The Kier molecular flexibility index (Phi) is 6.33. The molecule has 0 N–H and O–H groups in total. The van der Waals surface area contributed by atoms with Crippen LogP contribution in [0.25, 0.3) is 31.3 Å². The molecule has 8 aromatic rings. The van der Waals surface area contributed by atoms with Crippen molar-refractivity contribution in [3.63, 3.8) is 0 Å². The molecule has 3 heterocycles. The number of rotatable bonds is 2. The van der Waals surface area contributed by atoms with Gasteiger partial charge in [-0.25, -0.2) is 0 Å². The fourth-order valence-corrected chi connectivity index (χ4v) is 12.7. The monoisotopic (exact) mass is 688 g/mol. The number of benzene rings is 7. The summed E-state index contributed by atoms with van der Waals surface area (Å²) in [7, 11) is -3.38. The predicted octanol–water partition coefficient (Wildman–Crippen LogP) is 9.91. The van der Waals surface area contributed by atoms with E-state index in [4.69, 9.17) is 4.74 Å². The van der Waals surface area contributed by atoms with Crippen LogP contribution < -0.4 is 20.7 Å². The van der Waals surface area contributed by atoms with Gasteiger partial charge in [0, 0.05) is 47.2 Å². The Labute approximate surface area is 298 Å². The first-order valence-electron chi connectivity index (χ1n) is 16.6. The number of thiophene rings is 1. The highest BCUT2D eigenvalue weighted by molar-refractivity contribution is 7.85. The zero-order valence-corrected chi connectivity index (χ0v) is 28.7. The molecule has 238 valence electrons. The molecule has 0 fully saturated rings. The molecular formula is C45H25N2O2PS. The summed E-state index contributed by atoms with van der Waals surface area (Å²) >= 11 is 1.73. The third-order valence-corrected chi connectivity index (χ3v) is 14.7. The molecule has 0 saturated carbocycles. The minimum atomic E-state index is -3.38. The third kappa shape index (κ3) is 4.02. The van der Waals surface area contributed by atoms with Gasteiger partial charge in [0.1, 0.15) is 11.5 Å². The van der Waals surface area contributed by atoms with Crippen molar-refractivity contribution in [2.75, 3.05) is 0 Å². The van der Waals surface area contributed by atoms with Gasteiger partial charge >= 0.3 is 0 Å². The Morgan fingerprint density at radius 3 is 2.02 bits per heavy atom. The lowest BCUT2D eigenvalue weighted by Gasteiger charge is -2.47.